The molecule has 9 heteroatoms. The van der Waals surface area contributed by atoms with E-state index in [4.69, 9.17) is 0 Å². The zero-order valence-corrected chi connectivity index (χ0v) is 13.3. The minimum atomic E-state index is -4.75. The second kappa shape index (κ2) is 6.15. The van der Waals surface area contributed by atoms with E-state index in [0.29, 0.717) is 5.69 Å². The van der Waals surface area contributed by atoms with Crippen molar-refractivity contribution < 1.29 is 17.7 Å². The number of pyridine rings is 2. The molecule has 0 atom stereocenters. The lowest BCUT2D eigenvalue weighted by Crippen LogP contribution is -2.15. The molecule has 3 aromatic rings. The Balaban J connectivity index is 2.06. The predicted octanol–water partition coefficient (Wildman–Crippen LogP) is 3.05. The van der Waals surface area contributed by atoms with Crippen molar-refractivity contribution in [1.29, 1.82) is 0 Å². The molecule has 130 valence electrons. The molecule has 3 rings (SSSR count). The molecule has 1 N–H and O–H groups in total. The number of halogens is 3. The van der Waals surface area contributed by atoms with Gasteiger partial charge in [0.1, 0.15) is 0 Å². The standard InChI is InChI=1S/C16H13F3N4O2/c1-8-5-9(2)21-10(6-8)7-12-11(3-4-20-14(12)24)13-22-15(25-23-13)16(17,18)19/h3-6H,7H2,1-2H3,(H,20,24). The normalized spacial score (nSPS) is 11.7. The first-order valence-corrected chi connectivity index (χ1v) is 7.30. The van der Waals surface area contributed by atoms with Gasteiger partial charge >= 0.3 is 12.1 Å². The molecular formula is C16H13F3N4O2. The number of hydrogen-bond donors (Lipinski definition) is 1. The van der Waals surface area contributed by atoms with E-state index in [1.165, 1.54) is 12.3 Å². The second-order valence-electron chi connectivity index (χ2n) is 5.57. The summed E-state index contributed by atoms with van der Waals surface area (Å²) in [4.78, 5) is 22.4. The van der Waals surface area contributed by atoms with E-state index in [0.717, 1.165) is 11.3 Å². The summed E-state index contributed by atoms with van der Waals surface area (Å²) in [5.74, 6) is -1.75. The number of hydrogen-bond acceptors (Lipinski definition) is 5. The van der Waals surface area contributed by atoms with Crippen molar-refractivity contribution >= 4 is 0 Å². The van der Waals surface area contributed by atoms with Crippen LogP contribution in [0.2, 0.25) is 0 Å². The van der Waals surface area contributed by atoms with Gasteiger partial charge in [-0.3, -0.25) is 9.78 Å². The van der Waals surface area contributed by atoms with E-state index in [-0.39, 0.29) is 23.4 Å². The third-order valence-electron chi connectivity index (χ3n) is 3.48. The Morgan fingerprint density at radius 2 is 1.96 bits per heavy atom. The van der Waals surface area contributed by atoms with E-state index in [1.54, 1.807) is 6.07 Å². The van der Waals surface area contributed by atoms with Crippen molar-refractivity contribution in [2.24, 2.45) is 0 Å². The summed E-state index contributed by atoms with van der Waals surface area (Å²) < 4.78 is 42.2. The van der Waals surface area contributed by atoms with Crippen molar-refractivity contribution in [1.82, 2.24) is 20.1 Å². The van der Waals surface area contributed by atoms with Gasteiger partial charge in [-0.15, -0.1) is 0 Å². The first-order valence-electron chi connectivity index (χ1n) is 7.30. The number of H-pyrrole nitrogens is 1. The molecule has 0 aliphatic heterocycles. The molecule has 0 aromatic carbocycles. The monoisotopic (exact) mass is 350 g/mol. The lowest BCUT2D eigenvalue weighted by molar-refractivity contribution is -0.159. The summed E-state index contributed by atoms with van der Waals surface area (Å²) >= 11 is 0. The second-order valence-corrected chi connectivity index (χ2v) is 5.57. The smallest absolute Gasteiger partial charge is 0.329 e. The van der Waals surface area contributed by atoms with Gasteiger partial charge in [0.25, 0.3) is 5.56 Å². The Morgan fingerprint density at radius 3 is 2.60 bits per heavy atom. The molecule has 0 aliphatic rings. The lowest BCUT2D eigenvalue weighted by atomic mass is 10.0. The van der Waals surface area contributed by atoms with Crippen molar-refractivity contribution in [2.75, 3.05) is 0 Å². The molecule has 0 amide bonds. The zero-order valence-electron chi connectivity index (χ0n) is 13.3. The van der Waals surface area contributed by atoms with Gasteiger partial charge in [0, 0.05) is 35.1 Å². The van der Waals surface area contributed by atoms with Crippen LogP contribution in [0.15, 0.2) is 33.7 Å². The highest BCUT2D eigenvalue weighted by Crippen LogP contribution is 2.30. The fourth-order valence-corrected chi connectivity index (χ4v) is 2.54. The van der Waals surface area contributed by atoms with Gasteiger partial charge in [-0.05, 0) is 37.6 Å². The van der Waals surface area contributed by atoms with Crippen molar-refractivity contribution in [3.05, 3.63) is 63.2 Å². The maximum atomic E-state index is 12.7. The van der Waals surface area contributed by atoms with E-state index < -0.39 is 17.6 Å². The molecule has 0 spiro atoms. The predicted molar refractivity (Wildman–Crippen MR) is 81.9 cm³/mol. The summed E-state index contributed by atoms with van der Waals surface area (Å²) in [5, 5.41) is 3.35. The molecule has 0 bridgehead atoms. The summed E-state index contributed by atoms with van der Waals surface area (Å²) in [6.07, 6.45) is -3.30. The minimum absolute atomic E-state index is 0.129. The number of alkyl halides is 3. The van der Waals surface area contributed by atoms with Crippen LogP contribution in [0.25, 0.3) is 11.4 Å². The largest absolute Gasteiger partial charge is 0.471 e. The van der Waals surface area contributed by atoms with Gasteiger partial charge < -0.3 is 9.51 Å². The highest BCUT2D eigenvalue weighted by Gasteiger charge is 2.38. The van der Waals surface area contributed by atoms with Gasteiger partial charge in [-0.2, -0.15) is 18.2 Å². The van der Waals surface area contributed by atoms with Crippen LogP contribution >= 0.6 is 0 Å². The Bertz CT molecular complexity index is 956. The summed E-state index contributed by atoms with van der Waals surface area (Å²) in [6, 6.07) is 5.12. The molecule has 0 unspecified atom stereocenters. The van der Waals surface area contributed by atoms with Crippen LogP contribution < -0.4 is 5.56 Å². The quantitative estimate of drug-likeness (QED) is 0.785. The van der Waals surface area contributed by atoms with Crippen molar-refractivity contribution in [3.8, 4) is 11.4 Å². The van der Waals surface area contributed by atoms with Gasteiger partial charge in [-0.25, -0.2) is 0 Å². The maximum Gasteiger partial charge on any atom is 0.471 e. The van der Waals surface area contributed by atoms with Gasteiger partial charge in [0.05, 0.1) is 0 Å². The summed E-state index contributed by atoms with van der Waals surface area (Å²) in [5.41, 5.74) is 2.31. The highest BCUT2D eigenvalue weighted by molar-refractivity contribution is 5.59. The van der Waals surface area contributed by atoms with Crippen LogP contribution in [0.4, 0.5) is 13.2 Å². The van der Waals surface area contributed by atoms with E-state index in [1.807, 2.05) is 19.9 Å². The van der Waals surface area contributed by atoms with E-state index >= 15 is 0 Å². The van der Waals surface area contributed by atoms with Gasteiger partial charge in [0.2, 0.25) is 5.82 Å². The SMILES string of the molecule is Cc1cc(C)nc(Cc2c(-c3noc(C(F)(F)F)n3)cc[nH]c2=O)c1. The molecule has 25 heavy (non-hydrogen) atoms. The summed E-state index contributed by atoms with van der Waals surface area (Å²) in [7, 11) is 0. The van der Waals surface area contributed by atoms with Crippen LogP contribution in [0.5, 0.6) is 0 Å². The van der Waals surface area contributed by atoms with E-state index in [2.05, 4.69) is 24.6 Å². The Morgan fingerprint density at radius 1 is 1.20 bits per heavy atom. The molecule has 0 radical (unpaired) electrons. The first kappa shape index (κ1) is 16.9. The average molecular weight is 350 g/mol. The fraction of sp³-hybridized carbons (Fsp3) is 0.250. The van der Waals surface area contributed by atoms with Crippen LogP contribution in [0.1, 0.15) is 28.4 Å². The lowest BCUT2D eigenvalue weighted by Gasteiger charge is -2.07. The van der Waals surface area contributed by atoms with Crippen molar-refractivity contribution in [2.45, 2.75) is 26.4 Å². The molecule has 6 nitrogen and oxygen atoms in total. The maximum absolute atomic E-state index is 12.7. The third kappa shape index (κ3) is 3.59. The Kier molecular flexibility index (Phi) is 4.15. The molecule has 0 aliphatic carbocycles. The fourth-order valence-electron chi connectivity index (χ4n) is 2.54. The summed E-state index contributed by atoms with van der Waals surface area (Å²) in [6.45, 7) is 3.71. The van der Waals surface area contributed by atoms with E-state index in [9.17, 15) is 18.0 Å². The highest BCUT2D eigenvalue weighted by atomic mass is 19.4. The number of rotatable bonds is 3. The van der Waals surface area contributed by atoms with Crippen LogP contribution in [0.3, 0.4) is 0 Å². The number of aryl methyl sites for hydroxylation is 2. The van der Waals surface area contributed by atoms with Gasteiger partial charge in [-0.1, -0.05) is 5.16 Å². The number of nitrogens with one attached hydrogen (secondary N) is 1. The van der Waals surface area contributed by atoms with Crippen LogP contribution in [-0.2, 0) is 12.6 Å². The van der Waals surface area contributed by atoms with Crippen LogP contribution in [-0.4, -0.2) is 20.1 Å². The molecule has 0 saturated heterocycles. The zero-order chi connectivity index (χ0) is 18.2. The molecule has 3 aromatic heterocycles. The first-order chi connectivity index (χ1) is 11.7. The molecule has 0 saturated carbocycles. The topological polar surface area (TPSA) is 84.7 Å². The minimum Gasteiger partial charge on any atom is -0.329 e. The number of aromatic nitrogens is 4. The third-order valence-corrected chi connectivity index (χ3v) is 3.48. The Hall–Kier alpha value is -2.97. The molecule has 0 fully saturated rings. The average Bonchev–Trinajstić information content (AvgIpc) is 2.98. The number of aromatic amines is 1. The molecular weight excluding hydrogens is 337 g/mol. The van der Waals surface area contributed by atoms with Crippen molar-refractivity contribution in [3.63, 3.8) is 0 Å². The molecule has 3 heterocycles. The van der Waals surface area contributed by atoms with Gasteiger partial charge in [0.15, 0.2) is 0 Å². The number of nitrogens with zero attached hydrogens (tertiary/aromatic N) is 3. The van der Waals surface area contributed by atoms with Crippen LogP contribution in [0, 0.1) is 13.8 Å². The Labute approximate surface area is 139 Å².